The minimum absolute atomic E-state index is 0.0877. The average molecular weight is 257 g/mol. The topological polar surface area (TPSA) is 46.9 Å². The Morgan fingerprint density at radius 2 is 2.21 bits per heavy atom. The molecule has 4 heteroatoms. The number of para-hydroxylation sites is 2. The van der Waals surface area contributed by atoms with E-state index in [2.05, 4.69) is 17.2 Å². The Balaban J connectivity index is 1.79. The number of fused-ring (bicyclic) bond motifs is 1. The van der Waals surface area contributed by atoms with Gasteiger partial charge < -0.3 is 9.88 Å². The smallest absolute Gasteiger partial charge is 0.240 e. The zero-order valence-corrected chi connectivity index (χ0v) is 11.2. The number of aromatic nitrogens is 2. The van der Waals surface area contributed by atoms with E-state index in [4.69, 9.17) is 0 Å². The molecule has 1 aliphatic carbocycles. The van der Waals surface area contributed by atoms with Crippen molar-refractivity contribution in [2.45, 2.75) is 32.7 Å². The van der Waals surface area contributed by atoms with Gasteiger partial charge in [-0.3, -0.25) is 4.79 Å². The maximum Gasteiger partial charge on any atom is 0.240 e. The van der Waals surface area contributed by atoms with Crippen LogP contribution in [0.1, 0.15) is 25.6 Å². The van der Waals surface area contributed by atoms with E-state index < -0.39 is 0 Å². The summed E-state index contributed by atoms with van der Waals surface area (Å²) in [7, 11) is 0. The van der Waals surface area contributed by atoms with Gasteiger partial charge in [0, 0.05) is 13.0 Å². The first kappa shape index (κ1) is 12.2. The highest BCUT2D eigenvalue weighted by Crippen LogP contribution is 2.27. The van der Waals surface area contributed by atoms with Crippen molar-refractivity contribution in [3.63, 3.8) is 0 Å². The summed E-state index contributed by atoms with van der Waals surface area (Å²) in [6.45, 7) is 3.27. The summed E-state index contributed by atoms with van der Waals surface area (Å²) in [5, 5.41) is 3.01. The second kappa shape index (κ2) is 5.03. The molecule has 0 atom stereocenters. The van der Waals surface area contributed by atoms with Crippen LogP contribution in [0.4, 0.5) is 0 Å². The molecule has 0 spiro atoms. The van der Waals surface area contributed by atoms with Crippen LogP contribution >= 0.6 is 0 Å². The third-order valence-electron chi connectivity index (χ3n) is 3.64. The molecule has 0 aliphatic heterocycles. The standard InChI is InChI=1S/C15H19N3O/c1-2-14-17-12-5-3-4-6-13(12)18(14)10-15(19)16-9-11-7-8-11/h3-6,11H,2,7-10H2,1H3,(H,16,19). The van der Waals surface area contributed by atoms with Crippen LogP contribution in [0, 0.1) is 5.92 Å². The molecule has 0 unspecified atom stereocenters. The lowest BCUT2D eigenvalue weighted by molar-refractivity contribution is -0.121. The van der Waals surface area contributed by atoms with E-state index in [0.717, 1.165) is 29.8 Å². The van der Waals surface area contributed by atoms with Gasteiger partial charge in [0.15, 0.2) is 0 Å². The van der Waals surface area contributed by atoms with Crippen molar-refractivity contribution in [3.8, 4) is 0 Å². The molecule has 1 N–H and O–H groups in total. The zero-order valence-electron chi connectivity index (χ0n) is 11.2. The predicted molar refractivity (Wildman–Crippen MR) is 74.8 cm³/mol. The normalized spacial score (nSPS) is 14.8. The summed E-state index contributed by atoms with van der Waals surface area (Å²) < 4.78 is 2.03. The highest BCUT2D eigenvalue weighted by atomic mass is 16.1. The molecule has 4 nitrogen and oxygen atoms in total. The molecule has 1 heterocycles. The average Bonchev–Trinajstić information content (AvgIpc) is 3.19. The minimum Gasteiger partial charge on any atom is -0.354 e. The molecule has 100 valence electrons. The van der Waals surface area contributed by atoms with Crippen molar-refractivity contribution in [2.75, 3.05) is 6.54 Å². The fraction of sp³-hybridized carbons (Fsp3) is 0.467. The first-order chi connectivity index (χ1) is 9.28. The van der Waals surface area contributed by atoms with Crippen molar-refractivity contribution in [2.24, 2.45) is 5.92 Å². The van der Waals surface area contributed by atoms with Gasteiger partial charge in [-0.25, -0.2) is 4.98 Å². The van der Waals surface area contributed by atoms with E-state index >= 15 is 0 Å². The Hall–Kier alpha value is -1.84. The molecule has 1 aliphatic rings. The molecule has 1 fully saturated rings. The number of benzene rings is 1. The van der Waals surface area contributed by atoms with Crippen LogP contribution in [-0.2, 0) is 17.8 Å². The van der Waals surface area contributed by atoms with Crippen LogP contribution in [-0.4, -0.2) is 22.0 Å². The molecular weight excluding hydrogens is 238 g/mol. The Labute approximate surface area is 112 Å². The highest BCUT2D eigenvalue weighted by Gasteiger charge is 2.22. The Kier molecular flexibility index (Phi) is 3.23. The Bertz CT molecular complexity index is 598. The molecule has 19 heavy (non-hydrogen) atoms. The van der Waals surface area contributed by atoms with Gasteiger partial charge in [0.25, 0.3) is 0 Å². The third kappa shape index (κ3) is 2.62. The third-order valence-corrected chi connectivity index (χ3v) is 3.64. The van der Waals surface area contributed by atoms with Gasteiger partial charge in [-0.2, -0.15) is 0 Å². The van der Waals surface area contributed by atoms with E-state index in [9.17, 15) is 4.79 Å². The number of aryl methyl sites for hydroxylation is 1. The Morgan fingerprint density at radius 1 is 1.42 bits per heavy atom. The van der Waals surface area contributed by atoms with Gasteiger partial charge in [0.1, 0.15) is 12.4 Å². The van der Waals surface area contributed by atoms with Crippen LogP contribution in [0.3, 0.4) is 0 Å². The number of nitrogens with zero attached hydrogens (tertiary/aromatic N) is 2. The summed E-state index contributed by atoms with van der Waals surface area (Å²) in [6, 6.07) is 7.98. The maximum atomic E-state index is 12.0. The molecule has 0 radical (unpaired) electrons. The lowest BCUT2D eigenvalue weighted by Crippen LogP contribution is -2.29. The minimum atomic E-state index is 0.0877. The molecule has 1 aromatic heterocycles. The van der Waals surface area contributed by atoms with E-state index in [1.165, 1.54) is 12.8 Å². The van der Waals surface area contributed by atoms with Crippen molar-refractivity contribution < 1.29 is 4.79 Å². The second-order valence-electron chi connectivity index (χ2n) is 5.20. The first-order valence-electron chi connectivity index (χ1n) is 6.98. The molecular formula is C15H19N3O. The largest absolute Gasteiger partial charge is 0.354 e. The van der Waals surface area contributed by atoms with E-state index in [0.29, 0.717) is 12.5 Å². The van der Waals surface area contributed by atoms with Gasteiger partial charge >= 0.3 is 0 Å². The summed E-state index contributed by atoms with van der Waals surface area (Å²) in [5.74, 6) is 1.78. The van der Waals surface area contributed by atoms with E-state index in [-0.39, 0.29) is 5.91 Å². The van der Waals surface area contributed by atoms with Crippen LogP contribution < -0.4 is 5.32 Å². The zero-order chi connectivity index (χ0) is 13.2. The number of carbonyl (C=O) groups is 1. The van der Waals surface area contributed by atoms with Crippen molar-refractivity contribution in [3.05, 3.63) is 30.1 Å². The van der Waals surface area contributed by atoms with Crippen LogP contribution in [0.25, 0.3) is 11.0 Å². The molecule has 1 aromatic carbocycles. The van der Waals surface area contributed by atoms with Gasteiger partial charge in [-0.05, 0) is 30.9 Å². The van der Waals surface area contributed by atoms with Crippen LogP contribution in [0.2, 0.25) is 0 Å². The lowest BCUT2D eigenvalue weighted by Gasteiger charge is -2.08. The molecule has 1 saturated carbocycles. The Morgan fingerprint density at radius 3 is 2.95 bits per heavy atom. The van der Waals surface area contributed by atoms with Crippen molar-refractivity contribution >= 4 is 16.9 Å². The molecule has 2 aromatic rings. The molecule has 3 rings (SSSR count). The lowest BCUT2D eigenvalue weighted by atomic mass is 10.3. The fourth-order valence-corrected chi connectivity index (χ4v) is 2.35. The SMILES string of the molecule is CCc1nc2ccccc2n1CC(=O)NCC1CC1. The van der Waals surface area contributed by atoms with Crippen molar-refractivity contribution in [1.82, 2.24) is 14.9 Å². The monoisotopic (exact) mass is 257 g/mol. The number of hydrogen-bond donors (Lipinski definition) is 1. The van der Waals surface area contributed by atoms with Gasteiger partial charge in [-0.15, -0.1) is 0 Å². The van der Waals surface area contributed by atoms with Crippen LogP contribution in [0.5, 0.6) is 0 Å². The van der Waals surface area contributed by atoms with Gasteiger partial charge in [0.2, 0.25) is 5.91 Å². The fourth-order valence-electron chi connectivity index (χ4n) is 2.35. The number of hydrogen-bond acceptors (Lipinski definition) is 2. The summed E-state index contributed by atoms with van der Waals surface area (Å²) in [6.07, 6.45) is 3.35. The summed E-state index contributed by atoms with van der Waals surface area (Å²) in [4.78, 5) is 16.6. The van der Waals surface area contributed by atoms with E-state index in [1.807, 2.05) is 28.8 Å². The second-order valence-corrected chi connectivity index (χ2v) is 5.20. The van der Waals surface area contributed by atoms with Gasteiger partial charge in [0.05, 0.1) is 11.0 Å². The number of imidazole rings is 1. The molecule has 0 bridgehead atoms. The quantitative estimate of drug-likeness (QED) is 0.892. The summed E-state index contributed by atoms with van der Waals surface area (Å²) in [5.41, 5.74) is 2.01. The van der Waals surface area contributed by atoms with Gasteiger partial charge in [-0.1, -0.05) is 19.1 Å². The predicted octanol–water partition coefficient (Wildman–Crippen LogP) is 2.12. The number of rotatable bonds is 5. The first-order valence-corrected chi connectivity index (χ1v) is 6.98. The maximum absolute atomic E-state index is 12.0. The van der Waals surface area contributed by atoms with Crippen LogP contribution in [0.15, 0.2) is 24.3 Å². The number of carbonyl (C=O) groups excluding carboxylic acids is 1. The highest BCUT2D eigenvalue weighted by molar-refractivity contribution is 5.81. The number of amides is 1. The summed E-state index contributed by atoms with van der Waals surface area (Å²) >= 11 is 0. The molecule has 1 amide bonds. The molecule has 0 saturated heterocycles. The van der Waals surface area contributed by atoms with Crippen molar-refractivity contribution in [1.29, 1.82) is 0 Å². The van der Waals surface area contributed by atoms with E-state index in [1.54, 1.807) is 0 Å². The number of nitrogens with one attached hydrogen (secondary N) is 1.